The van der Waals surface area contributed by atoms with Crippen molar-refractivity contribution in [3.8, 4) is 220 Å². The van der Waals surface area contributed by atoms with E-state index in [1.54, 1.807) is 24.3 Å². The van der Waals surface area contributed by atoms with Crippen LogP contribution < -0.4 is 9.44 Å². The molecule has 3 aliphatic rings. The number of hydrogen-bond donors (Lipinski definition) is 4. The van der Waals surface area contributed by atoms with Crippen molar-refractivity contribution in [3.63, 3.8) is 0 Å². The fraction of sp³-hybridized carbons (Fsp3) is 0.110. The van der Waals surface area contributed by atoms with Crippen LogP contribution in [0.3, 0.4) is 0 Å². The molecule has 16 nitrogen and oxygen atoms in total. The van der Waals surface area contributed by atoms with Crippen molar-refractivity contribution in [2.24, 2.45) is 10.2 Å². The lowest BCUT2D eigenvalue weighted by Crippen LogP contribution is -2.44. The number of terminal acetylenes is 2. The van der Waals surface area contributed by atoms with Gasteiger partial charge >= 0.3 is 5.91 Å². The SMILES string of the molecule is C#CC#CC#CC#CC#CC#CC#CC#CC#C[N+]1(C#CC#CC#CC#CC#CC#CC#CC#CC#C)C(=O)C12CC(NS(=O)(=O)c1cc(N=Nc3cc(S(=O)(=O)N4CCOCC4)c(O)c4cccc(NS(=O)(=O)c5ccccc5)c34)ccc1Cl)c1ccccc1C2O. The molecule has 1 spiro atoms. The van der Waals surface area contributed by atoms with Crippen molar-refractivity contribution < 1.29 is 49.5 Å². The van der Waals surface area contributed by atoms with Gasteiger partial charge in [0.1, 0.15) is 15.5 Å². The number of sulfonamides is 3. The molecule has 20 heteroatoms. The quantitative estimate of drug-likeness (QED) is 0.0618. The van der Waals surface area contributed by atoms with Crippen LogP contribution in [0.2, 0.25) is 5.02 Å². The maximum absolute atomic E-state index is 14.8. The molecule has 8 rings (SSSR count). The van der Waals surface area contributed by atoms with Gasteiger partial charge in [-0.25, -0.2) is 34.8 Å². The molecule has 0 bridgehead atoms. The lowest BCUT2D eigenvalue weighted by atomic mass is 9.77. The molecular weight excluding hydrogens is 1250 g/mol. The molecule has 2 fully saturated rings. The third-order valence-electron chi connectivity index (χ3n) is 12.9. The van der Waals surface area contributed by atoms with Gasteiger partial charge in [0.2, 0.25) is 20.0 Å². The van der Waals surface area contributed by atoms with Gasteiger partial charge in [0, 0.05) is 113 Å². The molecule has 2 saturated heterocycles. The summed E-state index contributed by atoms with van der Waals surface area (Å²) in [5.74, 6) is 76.7. The first-order valence-corrected chi connectivity index (χ1v) is 31.2. The summed E-state index contributed by atoms with van der Waals surface area (Å²) in [6, 6.07) is 26.6. The predicted molar refractivity (Wildman–Crippen MR) is 347 cm³/mol. The van der Waals surface area contributed by atoms with Crippen LogP contribution in [0.5, 0.6) is 5.75 Å². The predicted octanol–water partition coefficient (Wildman–Crippen LogP) is 5.22. The van der Waals surface area contributed by atoms with E-state index in [9.17, 15) is 40.3 Å². The summed E-state index contributed by atoms with van der Waals surface area (Å²) in [6.45, 7) is 0.0823. The monoisotopic (exact) mass is 1290 g/mol. The lowest BCUT2D eigenvalue weighted by Gasteiger charge is -2.32. The molecule has 0 saturated carbocycles. The number of ether oxygens (including phenoxy) is 1. The number of morpholine rings is 1. The summed E-state index contributed by atoms with van der Waals surface area (Å²) in [5.41, 5.74) is -2.04. The number of nitrogens with one attached hydrogen (secondary N) is 2. The summed E-state index contributed by atoms with van der Waals surface area (Å²) in [5, 5.41) is 32.1. The van der Waals surface area contributed by atoms with E-state index < -0.39 is 80.1 Å². The van der Waals surface area contributed by atoms with Crippen molar-refractivity contribution in [3.05, 3.63) is 113 Å². The Morgan fingerprint density at radius 1 is 0.570 bits per heavy atom. The minimum absolute atomic E-state index is 0.0386. The highest BCUT2D eigenvalue weighted by Crippen LogP contribution is 2.60. The zero-order valence-corrected chi connectivity index (χ0v) is 50.8. The summed E-state index contributed by atoms with van der Waals surface area (Å²) in [6.07, 6.45) is 7.99. The minimum atomic E-state index is -4.77. The van der Waals surface area contributed by atoms with Crippen LogP contribution in [0.15, 0.2) is 122 Å². The van der Waals surface area contributed by atoms with Gasteiger partial charge in [-0.1, -0.05) is 70.7 Å². The Bertz CT molecular complexity index is 5500. The summed E-state index contributed by atoms with van der Waals surface area (Å²) >= 11 is 6.66. The molecule has 1 aliphatic carbocycles. The number of quaternary nitrogens is 1. The van der Waals surface area contributed by atoms with Crippen LogP contribution in [0.1, 0.15) is 29.7 Å². The normalized spacial score (nSPS) is 15.5. The maximum Gasteiger partial charge on any atom is 0.408 e. The zero-order chi connectivity index (χ0) is 66.2. The van der Waals surface area contributed by atoms with Crippen LogP contribution in [-0.4, -0.2) is 82.0 Å². The third-order valence-corrected chi connectivity index (χ3v) is 18.2. The van der Waals surface area contributed by atoms with E-state index in [0.29, 0.717) is 0 Å². The second-order valence-electron chi connectivity index (χ2n) is 18.3. The maximum atomic E-state index is 14.8. The second-order valence-corrected chi connectivity index (χ2v) is 24.0. The van der Waals surface area contributed by atoms with Crippen LogP contribution >= 0.6 is 11.6 Å². The summed E-state index contributed by atoms with van der Waals surface area (Å²) < 4.78 is 96.0. The number of phenolic OH excluding ortho intramolecular Hbond substituents is 1. The lowest BCUT2D eigenvalue weighted by molar-refractivity contribution is -0.656. The second kappa shape index (κ2) is 30.9. The topological polar surface area (TPSA) is 221 Å². The molecule has 2 heterocycles. The number of amides is 1. The van der Waals surface area contributed by atoms with E-state index in [-0.39, 0.29) is 75.2 Å². The number of anilines is 1. The largest absolute Gasteiger partial charge is 0.506 e. The number of hydrogen-bond acceptors (Lipinski definition) is 12. The number of fused-ring (bicyclic) bond motifs is 2. The van der Waals surface area contributed by atoms with Gasteiger partial charge in [-0.3, -0.25) is 4.72 Å². The third kappa shape index (κ3) is 15.9. The van der Waals surface area contributed by atoms with Crippen molar-refractivity contribution in [2.75, 3.05) is 31.0 Å². The highest BCUT2D eigenvalue weighted by molar-refractivity contribution is 7.92. The van der Waals surface area contributed by atoms with Gasteiger partial charge < -0.3 is 14.9 Å². The molecule has 5 aromatic rings. The average Bonchev–Trinajstić information content (AvgIpc) is 1.49. The smallest absolute Gasteiger partial charge is 0.408 e. The number of aliphatic hydroxyl groups excluding tert-OH is 1. The van der Waals surface area contributed by atoms with E-state index in [2.05, 4.69) is 221 Å². The van der Waals surface area contributed by atoms with Crippen molar-refractivity contribution >= 4 is 75.4 Å². The molecular formula is C73H34ClN6O10S3+. The molecule has 440 valence electrons. The van der Waals surface area contributed by atoms with Gasteiger partial charge in [-0.15, -0.1) is 18.0 Å². The van der Waals surface area contributed by atoms with E-state index in [0.717, 1.165) is 16.4 Å². The summed E-state index contributed by atoms with van der Waals surface area (Å²) in [7, 11) is -13.5. The first-order chi connectivity index (χ1) is 45.0. The van der Waals surface area contributed by atoms with Crippen LogP contribution in [0.25, 0.3) is 10.8 Å². The van der Waals surface area contributed by atoms with E-state index in [1.165, 1.54) is 60.7 Å². The average molecular weight is 1290 g/mol. The van der Waals surface area contributed by atoms with Gasteiger partial charge in [-0.2, -0.15) is 9.42 Å². The number of aromatic hydroxyl groups is 1. The molecule has 3 atom stereocenters. The Labute approximate surface area is 543 Å². The Balaban J connectivity index is 1.13. The number of aliphatic hydroxyl groups is 1. The van der Waals surface area contributed by atoms with E-state index in [4.69, 9.17) is 29.2 Å². The van der Waals surface area contributed by atoms with Crippen molar-refractivity contribution in [1.82, 2.24) is 9.03 Å². The molecule has 93 heavy (non-hydrogen) atoms. The van der Waals surface area contributed by atoms with Crippen molar-refractivity contribution in [1.29, 1.82) is 0 Å². The number of phenols is 1. The summed E-state index contributed by atoms with van der Waals surface area (Å²) in [4.78, 5) is 13.4. The minimum Gasteiger partial charge on any atom is -0.506 e. The van der Waals surface area contributed by atoms with Crippen LogP contribution in [0.4, 0.5) is 17.1 Å². The molecule has 3 unspecified atom stereocenters. The number of carbonyl (C=O) groups is 1. The zero-order valence-electron chi connectivity index (χ0n) is 47.6. The first-order valence-electron chi connectivity index (χ1n) is 26.4. The Hall–Kier alpha value is -12.8. The van der Waals surface area contributed by atoms with E-state index in [1.807, 2.05) is 0 Å². The Morgan fingerprint density at radius 2 is 1.05 bits per heavy atom. The number of azo groups is 1. The highest BCUT2D eigenvalue weighted by atomic mass is 35.5. The number of benzene rings is 5. The standard InChI is InChI=1S/C73H33ClN6O10S3/c1-3-5-7-9-11-13-15-17-19-21-23-25-27-29-31-38-51-80(52-39-32-30-28-26-24-22-20-18-16-14-12-10-8-6-4-2)72(83)73(80)57-66(60-43-36-37-44-61(60)71(73)82)78-92(86,87)67-55-58(47-48-63(67)74)75-76-65-56-68(93(88,89)79-49-53-90-54-50-79)70(81)62-45-40-46-64(69(62)65)77-91(84,85)59-41-34-33-35-42-59/h1-2,33-37,40-48,55-56,66,71,78,82H,49-50,53-54,57H2,(H-,75,76,77,81)/p+1. The fourth-order valence-corrected chi connectivity index (χ4v) is 13.3. The van der Waals surface area contributed by atoms with Gasteiger partial charge in [0.25, 0.3) is 15.6 Å². The number of carbonyl (C=O) groups excluding carboxylic acids is 1. The number of rotatable bonds is 10. The molecule has 2 aliphatic heterocycles. The van der Waals surface area contributed by atoms with Gasteiger partial charge in [-0.05, 0) is 148 Å². The molecule has 4 N–H and O–H groups in total. The molecule has 1 amide bonds. The highest BCUT2D eigenvalue weighted by Gasteiger charge is 2.88. The Morgan fingerprint density at radius 3 is 1.57 bits per heavy atom. The van der Waals surface area contributed by atoms with Gasteiger partial charge in [0.05, 0.1) is 58.1 Å². The van der Waals surface area contributed by atoms with Crippen molar-refractivity contribution in [2.45, 2.75) is 38.8 Å². The molecule has 5 aromatic carbocycles. The molecule has 0 radical (unpaired) electrons. The number of halogens is 1. The van der Waals surface area contributed by atoms with Crippen LogP contribution in [0, 0.1) is 214 Å². The fourth-order valence-electron chi connectivity index (χ4n) is 8.96. The first kappa shape index (κ1) is 66.2. The van der Waals surface area contributed by atoms with Gasteiger partial charge in [0.15, 0.2) is 18.2 Å². The molecule has 0 aromatic heterocycles. The number of nitrogens with zero attached hydrogens (tertiary/aromatic N) is 4. The van der Waals surface area contributed by atoms with Crippen LogP contribution in [-0.2, 0) is 39.6 Å². The Kier molecular flexibility index (Phi) is 22.0. The van der Waals surface area contributed by atoms with E-state index >= 15 is 0 Å².